The first-order chi connectivity index (χ1) is 18.0. The number of ether oxygens (including phenoxy) is 1. The molecule has 1 fully saturated rings. The van der Waals surface area contributed by atoms with Crippen LogP contribution in [0.3, 0.4) is 0 Å². The summed E-state index contributed by atoms with van der Waals surface area (Å²) >= 11 is 3.28. The van der Waals surface area contributed by atoms with Crippen LogP contribution in [-0.2, 0) is 19.1 Å². The van der Waals surface area contributed by atoms with Gasteiger partial charge >= 0.3 is 0 Å². The summed E-state index contributed by atoms with van der Waals surface area (Å²) in [6, 6.07) is 4.48. The highest BCUT2D eigenvalue weighted by Crippen LogP contribution is 2.12. The summed E-state index contributed by atoms with van der Waals surface area (Å²) in [5.41, 5.74) is 10.9. The van der Waals surface area contributed by atoms with E-state index in [0.29, 0.717) is 12.0 Å². The Kier molecular flexibility index (Phi) is 15.1. The number of hydrogen-bond acceptors (Lipinski definition) is 6. The summed E-state index contributed by atoms with van der Waals surface area (Å²) in [6.45, 7) is 5.37. The average Bonchev–Trinajstić information content (AvgIpc) is 2.88. The summed E-state index contributed by atoms with van der Waals surface area (Å²) in [5, 5.41) is 5.03. The molecule has 13 heteroatoms. The van der Waals surface area contributed by atoms with Crippen LogP contribution >= 0.6 is 15.9 Å². The highest BCUT2D eigenvalue weighted by molar-refractivity contribution is 9.10. The van der Waals surface area contributed by atoms with Crippen molar-refractivity contribution >= 4 is 45.4 Å². The zero-order valence-corrected chi connectivity index (χ0v) is 23.6. The van der Waals surface area contributed by atoms with Crippen molar-refractivity contribution in [2.24, 2.45) is 22.4 Å². The normalized spacial score (nSPS) is 15.5. The molecule has 1 aromatic carbocycles. The van der Waals surface area contributed by atoms with E-state index in [1.807, 2.05) is 0 Å². The van der Waals surface area contributed by atoms with Gasteiger partial charge in [0.1, 0.15) is 12.7 Å². The molecule has 2 atom stereocenters. The zero-order valence-electron chi connectivity index (χ0n) is 22.0. The van der Waals surface area contributed by atoms with Crippen LogP contribution in [-0.4, -0.2) is 86.0 Å². The van der Waals surface area contributed by atoms with E-state index in [-0.39, 0.29) is 45.2 Å². The van der Waals surface area contributed by atoms with E-state index >= 15 is 0 Å². The first-order valence-corrected chi connectivity index (χ1v) is 13.1. The van der Waals surface area contributed by atoms with Crippen molar-refractivity contribution in [2.45, 2.75) is 45.7 Å². The number of hydrogen-bond donors (Lipinski definition) is 4. The van der Waals surface area contributed by atoms with Crippen LogP contribution in [0.25, 0.3) is 0 Å². The number of amides is 3. The minimum absolute atomic E-state index is 0.0945. The molecule has 1 saturated heterocycles. The third kappa shape index (κ3) is 12.5. The van der Waals surface area contributed by atoms with Gasteiger partial charge in [-0.05, 0) is 43.0 Å². The van der Waals surface area contributed by atoms with Crippen molar-refractivity contribution in [1.82, 2.24) is 15.5 Å². The number of morpholine rings is 1. The van der Waals surface area contributed by atoms with Gasteiger partial charge in [-0.15, -0.1) is 0 Å². The van der Waals surface area contributed by atoms with Gasteiger partial charge in [-0.3, -0.25) is 24.2 Å². The molecule has 212 valence electrons. The van der Waals surface area contributed by atoms with Crippen LogP contribution < -0.4 is 22.1 Å². The monoisotopic (exact) mass is 600 g/mol. The fourth-order valence-electron chi connectivity index (χ4n) is 3.26. The topological polar surface area (TPSA) is 169 Å². The van der Waals surface area contributed by atoms with Crippen molar-refractivity contribution in [3.8, 4) is 0 Å². The SMILES string of the molecule is CC(C)C.NC(N)=NCCC[C@H](NC(=O)[C@@H]1COCCN1C(=O)CNC(=O)c1ccc(Br)cc1)C(=O)CF. The number of benzene rings is 1. The predicted octanol–water partition coefficient (Wildman–Crippen LogP) is 1.15. The predicted molar refractivity (Wildman–Crippen MR) is 146 cm³/mol. The fraction of sp³-hybridized carbons (Fsp3) is 0.560. The Morgan fingerprint density at radius 2 is 1.82 bits per heavy atom. The summed E-state index contributed by atoms with van der Waals surface area (Å²) < 4.78 is 19.1. The smallest absolute Gasteiger partial charge is 0.251 e. The van der Waals surface area contributed by atoms with Gasteiger partial charge in [0.15, 0.2) is 11.7 Å². The largest absolute Gasteiger partial charge is 0.377 e. The van der Waals surface area contributed by atoms with E-state index in [4.69, 9.17) is 16.2 Å². The number of nitrogens with zero attached hydrogens (tertiary/aromatic N) is 2. The van der Waals surface area contributed by atoms with E-state index in [0.717, 1.165) is 10.4 Å². The third-order valence-corrected chi connectivity index (χ3v) is 5.57. The molecule has 3 amide bonds. The van der Waals surface area contributed by atoms with Gasteiger partial charge in [0, 0.05) is 23.1 Å². The van der Waals surface area contributed by atoms with Gasteiger partial charge < -0.3 is 31.7 Å². The summed E-state index contributed by atoms with van der Waals surface area (Å²) in [6.07, 6.45) is 0.455. The Bertz CT molecular complexity index is 953. The molecule has 11 nitrogen and oxygen atoms in total. The molecule has 0 bridgehead atoms. The number of carbonyl (C=O) groups is 4. The first-order valence-electron chi connectivity index (χ1n) is 12.3. The van der Waals surface area contributed by atoms with Gasteiger partial charge in [-0.25, -0.2) is 4.39 Å². The minimum Gasteiger partial charge on any atom is -0.377 e. The first kappa shape index (κ1) is 33.0. The number of nitrogens with two attached hydrogens (primary N) is 2. The van der Waals surface area contributed by atoms with E-state index in [1.165, 1.54) is 4.90 Å². The van der Waals surface area contributed by atoms with Crippen molar-refractivity contribution in [2.75, 3.05) is 39.5 Å². The summed E-state index contributed by atoms with van der Waals surface area (Å²) in [4.78, 5) is 54.9. The Labute approximate surface area is 231 Å². The molecule has 0 radical (unpaired) electrons. The fourth-order valence-corrected chi connectivity index (χ4v) is 3.52. The van der Waals surface area contributed by atoms with E-state index in [1.54, 1.807) is 24.3 Å². The maximum atomic E-state index is 13.0. The standard InChI is InChI=1S/C21H28BrFN6O5.C4H10/c22-14-5-3-13(4-6-14)19(32)27-11-18(31)29-8-9-34-12-16(29)20(33)28-15(17(30)10-23)2-1-7-26-21(24)25;1-4(2)3/h3-6,15-16H,1-2,7-12H2,(H,27,32)(H,28,33)(H4,24,25,26);4H,1-3H3/t15-,16-;/m0./s1. The lowest BCUT2D eigenvalue weighted by atomic mass is 10.1. The lowest BCUT2D eigenvalue weighted by Crippen LogP contribution is -2.59. The summed E-state index contributed by atoms with van der Waals surface area (Å²) in [7, 11) is 0. The van der Waals surface area contributed by atoms with Crippen molar-refractivity contribution in [3.05, 3.63) is 34.3 Å². The van der Waals surface area contributed by atoms with Crippen LogP contribution in [0.5, 0.6) is 0 Å². The number of alkyl halides is 1. The van der Waals surface area contributed by atoms with Crippen LogP contribution in [0.2, 0.25) is 0 Å². The van der Waals surface area contributed by atoms with Gasteiger partial charge in [0.2, 0.25) is 11.8 Å². The number of halogens is 2. The Morgan fingerprint density at radius 3 is 2.39 bits per heavy atom. The molecule has 0 spiro atoms. The molecule has 0 aromatic heterocycles. The highest BCUT2D eigenvalue weighted by Gasteiger charge is 2.34. The van der Waals surface area contributed by atoms with E-state index < -0.39 is 42.3 Å². The number of carbonyl (C=O) groups excluding carboxylic acids is 4. The van der Waals surface area contributed by atoms with Gasteiger partial charge in [-0.2, -0.15) is 0 Å². The van der Waals surface area contributed by atoms with Crippen LogP contribution in [0.15, 0.2) is 33.7 Å². The second kappa shape index (κ2) is 17.4. The molecule has 1 heterocycles. The Hall–Kier alpha value is -3.06. The maximum Gasteiger partial charge on any atom is 0.251 e. The number of Topliss-reactive ketones (excluding diaryl/α,β-unsaturated/α-hetero) is 1. The Balaban J connectivity index is 0.00000168. The lowest BCUT2D eigenvalue weighted by molar-refractivity contribution is -0.148. The molecule has 0 aliphatic carbocycles. The van der Waals surface area contributed by atoms with Gasteiger partial charge in [0.25, 0.3) is 5.91 Å². The number of guanidine groups is 1. The molecule has 1 aromatic rings. The van der Waals surface area contributed by atoms with Crippen LogP contribution in [0.4, 0.5) is 4.39 Å². The second-order valence-corrected chi connectivity index (χ2v) is 10.1. The second-order valence-electron chi connectivity index (χ2n) is 9.21. The third-order valence-electron chi connectivity index (χ3n) is 5.04. The van der Waals surface area contributed by atoms with Gasteiger partial charge in [0.05, 0.1) is 25.8 Å². The number of nitrogens with one attached hydrogen (secondary N) is 2. The maximum absolute atomic E-state index is 13.0. The Morgan fingerprint density at radius 1 is 1.18 bits per heavy atom. The molecule has 1 aliphatic rings. The minimum atomic E-state index is -1.25. The lowest BCUT2D eigenvalue weighted by Gasteiger charge is -2.35. The number of ketones is 1. The molecule has 0 unspecified atom stereocenters. The number of aliphatic imine (C=N–C) groups is 1. The quantitative estimate of drug-likeness (QED) is 0.168. The van der Waals surface area contributed by atoms with Crippen molar-refractivity contribution < 1.29 is 28.3 Å². The van der Waals surface area contributed by atoms with E-state index in [9.17, 15) is 23.6 Å². The molecule has 0 saturated carbocycles. The van der Waals surface area contributed by atoms with Crippen molar-refractivity contribution in [3.63, 3.8) is 0 Å². The highest BCUT2D eigenvalue weighted by atomic mass is 79.9. The molecule has 2 rings (SSSR count). The van der Waals surface area contributed by atoms with E-state index in [2.05, 4.69) is 52.3 Å². The summed E-state index contributed by atoms with van der Waals surface area (Å²) in [5.74, 6) is -1.66. The zero-order chi connectivity index (χ0) is 28.7. The number of rotatable bonds is 11. The van der Waals surface area contributed by atoms with Crippen LogP contribution in [0.1, 0.15) is 44.0 Å². The van der Waals surface area contributed by atoms with Gasteiger partial charge in [-0.1, -0.05) is 36.7 Å². The molecular weight excluding hydrogens is 563 g/mol. The molecular formula is C25H38BrFN6O5. The average molecular weight is 602 g/mol. The van der Waals surface area contributed by atoms with Crippen molar-refractivity contribution in [1.29, 1.82) is 0 Å². The van der Waals surface area contributed by atoms with Crippen LogP contribution in [0, 0.1) is 5.92 Å². The molecule has 1 aliphatic heterocycles. The molecule has 38 heavy (non-hydrogen) atoms. The molecule has 6 N–H and O–H groups in total.